The van der Waals surface area contributed by atoms with Crippen LogP contribution in [0.15, 0.2) is 24.3 Å². The monoisotopic (exact) mass is 220 g/mol. The average Bonchev–Trinajstić information content (AvgIpc) is 2.29. The van der Waals surface area contributed by atoms with E-state index in [0.717, 1.165) is 19.4 Å². The maximum atomic E-state index is 6.13. The predicted molar refractivity (Wildman–Crippen MR) is 70.6 cm³/mol. The van der Waals surface area contributed by atoms with Gasteiger partial charge >= 0.3 is 0 Å². The van der Waals surface area contributed by atoms with Crippen LogP contribution in [0.4, 0.5) is 0 Å². The van der Waals surface area contributed by atoms with Gasteiger partial charge in [0, 0.05) is 6.04 Å². The van der Waals surface area contributed by atoms with Gasteiger partial charge in [0.25, 0.3) is 0 Å². The van der Waals surface area contributed by atoms with Crippen molar-refractivity contribution in [3.05, 3.63) is 35.4 Å². The number of benzene rings is 1. The molecule has 0 saturated heterocycles. The molecule has 0 aliphatic heterocycles. The van der Waals surface area contributed by atoms with Gasteiger partial charge in [-0.05, 0) is 43.5 Å². The highest BCUT2D eigenvalue weighted by Gasteiger charge is 2.06. The Morgan fingerprint density at radius 3 is 2.19 bits per heavy atom. The smallest absolute Gasteiger partial charge is 0.0295 e. The average molecular weight is 220 g/mol. The normalized spacial score (nSPS) is 13.1. The Morgan fingerprint density at radius 1 is 1.12 bits per heavy atom. The van der Waals surface area contributed by atoms with Crippen LogP contribution >= 0.6 is 0 Å². The summed E-state index contributed by atoms with van der Waals surface area (Å²) in [6.07, 6.45) is 2.17. The maximum Gasteiger partial charge on any atom is 0.0295 e. The van der Waals surface area contributed by atoms with Gasteiger partial charge in [-0.25, -0.2) is 0 Å². The van der Waals surface area contributed by atoms with Crippen molar-refractivity contribution in [2.75, 3.05) is 13.6 Å². The highest BCUT2D eigenvalue weighted by Crippen LogP contribution is 2.19. The molecule has 0 radical (unpaired) electrons. The first-order chi connectivity index (χ1) is 7.65. The maximum absolute atomic E-state index is 6.13. The van der Waals surface area contributed by atoms with E-state index < -0.39 is 0 Å². The van der Waals surface area contributed by atoms with Crippen molar-refractivity contribution in [3.63, 3.8) is 0 Å². The summed E-state index contributed by atoms with van der Waals surface area (Å²) in [7, 11) is 1.98. The second kappa shape index (κ2) is 6.66. The SMILES string of the molecule is CNCCCC(N)c1ccc(C(C)C)cc1. The van der Waals surface area contributed by atoms with E-state index in [4.69, 9.17) is 5.73 Å². The molecule has 1 atom stereocenters. The second-order valence-corrected chi connectivity index (χ2v) is 4.67. The summed E-state index contributed by atoms with van der Waals surface area (Å²) in [6, 6.07) is 8.89. The molecule has 2 heteroatoms. The van der Waals surface area contributed by atoms with E-state index in [2.05, 4.69) is 43.4 Å². The molecular weight excluding hydrogens is 196 g/mol. The lowest BCUT2D eigenvalue weighted by molar-refractivity contribution is 0.590. The minimum Gasteiger partial charge on any atom is -0.324 e. The van der Waals surface area contributed by atoms with Crippen LogP contribution in [-0.2, 0) is 0 Å². The molecule has 0 amide bonds. The summed E-state index contributed by atoms with van der Waals surface area (Å²) < 4.78 is 0. The first kappa shape index (κ1) is 13.2. The Kier molecular flexibility index (Phi) is 5.50. The van der Waals surface area contributed by atoms with E-state index in [0.29, 0.717) is 5.92 Å². The Bertz CT molecular complexity index is 290. The fraction of sp³-hybridized carbons (Fsp3) is 0.571. The van der Waals surface area contributed by atoms with Crippen molar-refractivity contribution < 1.29 is 0 Å². The van der Waals surface area contributed by atoms with E-state index in [9.17, 15) is 0 Å². The van der Waals surface area contributed by atoms with Crippen molar-refractivity contribution >= 4 is 0 Å². The molecule has 0 spiro atoms. The number of hydrogen-bond donors (Lipinski definition) is 2. The summed E-state index contributed by atoms with van der Waals surface area (Å²) in [5.41, 5.74) is 8.77. The zero-order valence-corrected chi connectivity index (χ0v) is 10.7. The molecule has 0 bridgehead atoms. The molecule has 1 rings (SSSR count). The molecule has 0 aliphatic carbocycles. The van der Waals surface area contributed by atoms with Crippen molar-refractivity contribution in [1.29, 1.82) is 0 Å². The molecule has 1 aromatic carbocycles. The zero-order valence-electron chi connectivity index (χ0n) is 10.7. The van der Waals surface area contributed by atoms with E-state index in [-0.39, 0.29) is 6.04 Å². The molecule has 0 aromatic heterocycles. The van der Waals surface area contributed by atoms with Crippen LogP contribution in [0.3, 0.4) is 0 Å². The largest absolute Gasteiger partial charge is 0.324 e. The third-order valence-electron chi connectivity index (χ3n) is 2.97. The molecule has 0 heterocycles. The molecule has 90 valence electrons. The fourth-order valence-electron chi connectivity index (χ4n) is 1.79. The van der Waals surface area contributed by atoms with Gasteiger partial charge in [-0.15, -0.1) is 0 Å². The lowest BCUT2D eigenvalue weighted by atomic mass is 9.97. The Labute approximate surface area is 99.2 Å². The van der Waals surface area contributed by atoms with Crippen LogP contribution in [0.5, 0.6) is 0 Å². The number of nitrogens with one attached hydrogen (secondary N) is 1. The Morgan fingerprint density at radius 2 is 1.69 bits per heavy atom. The quantitative estimate of drug-likeness (QED) is 0.723. The van der Waals surface area contributed by atoms with Crippen molar-refractivity contribution in [1.82, 2.24) is 5.32 Å². The van der Waals surface area contributed by atoms with Crippen LogP contribution in [0, 0.1) is 0 Å². The molecular formula is C14H24N2. The van der Waals surface area contributed by atoms with Gasteiger partial charge < -0.3 is 11.1 Å². The van der Waals surface area contributed by atoms with E-state index in [1.165, 1.54) is 11.1 Å². The van der Waals surface area contributed by atoms with E-state index >= 15 is 0 Å². The first-order valence-electron chi connectivity index (χ1n) is 6.15. The Balaban J connectivity index is 2.52. The minimum absolute atomic E-state index is 0.176. The predicted octanol–water partition coefficient (Wildman–Crippen LogP) is 2.81. The lowest BCUT2D eigenvalue weighted by Gasteiger charge is -2.13. The molecule has 3 N–H and O–H groups in total. The van der Waals surface area contributed by atoms with Crippen LogP contribution in [0.1, 0.15) is 49.8 Å². The molecule has 2 nitrogen and oxygen atoms in total. The molecule has 16 heavy (non-hydrogen) atoms. The first-order valence-corrected chi connectivity index (χ1v) is 6.15. The van der Waals surface area contributed by atoms with Gasteiger partial charge in [0.05, 0.1) is 0 Å². The van der Waals surface area contributed by atoms with Crippen LogP contribution in [0.2, 0.25) is 0 Å². The molecule has 0 aliphatic rings. The topological polar surface area (TPSA) is 38.0 Å². The third-order valence-corrected chi connectivity index (χ3v) is 2.97. The summed E-state index contributed by atoms with van der Waals surface area (Å²) in [5, 5.41) is 3.14. The van der Waals surface area contributed by atoms with Gasteiger partial charge in [0.1, 0.15) is 0 Å². The summed E-state index contributed by atoms with van der Waals surface area (Å²) >= 11 is 0. The van der Waals surface area contributed by atoms with E-state index in [1.54, 1.807) is 0 Å². The highest BCUT2D eigenvalue weighted by molar-refractivity contribution is 5.26. The van der Waals surface area contributed by atoms with E-state index in [1.807, 2.05) is 7.05 Å². The standard InChI is InChI=1S/C14H24N2/c1-11(2)12-6-8-13(9-7-12)14(15)5-4-10-16-3/h6-9,11,14,16H,4-5,10,15H2,1-3H3. The van der Waals surface area contributed by atoms with Gasteiger partial charge in [-0.2, -0.15) is 0 Å². The molecule has 1 aromatic rings. The van der Waals surface area contributed by atoms with Crippen LogP contribution in [0.25, 0.3) is 0 Å². The number of rotatable bonds is 6. The molecule has 0 fully saturated rings. The van der Waals surface area contributed by atoms with Crippen molar-refractivity contribution in [2.24, 2.45) is 5.73 Å². The van der Waals surface area contributed by atoms with Gasteiger partial charge in [0.15, 0.2) is 0 Å². The van der Waals surface area contributed by atoms with Gasteiger partial charge in [-0.3, -0.25) is 0 Å². The lowest BCUT2D eigenvalue weighted by Crippen LogP contribution is -2.14. The molecule has 1 unspecified atom stereocenters. The number of hydrogen-bond acceptors (Lipinski definition) is 2. The van der Waals surface area contributed by atoms with Crippen LogP contribution in [-0.4, -0.2) is 13.6 Å². The fourth-order valence-corrected chi connectivity index (χ4v) is 1.79. The van der Waals surface area contributed by atoms with Crippen molar-refractivity contribution in [2.45, 2.75) is 38.6 Å². The van der Waals surface area contributed by atoms with Gasteiger partial charge in [0.2, 0.25) is 0 Å². The highest BCUT2D eigenvalue weighted by atomic mass is 14.8. The van der Waals surface area contributed by atoms with Crippen molar-refractivity contribution in [3.8, 4) is 0 Å². The number of nitrogens with two attached hydrogens (primary N) is 1. The summed E-state index contributed by atoms with van der Waals surface area (Å²) in [5.74, 6) is 0.592. The second-order valence-electron chi connectivity index (χ2n) is 4.67. The van der Waals surface area contributed by atoms with Gasteiger partial charge in [-0.1, -0.05) is 38.1 Å². The van der Waals surface area contributed by atoms with Crippen LogP contribution < -0.4 is 11.1 Å². The summed E-state index contributed by atoms with van der Waals surface area (Å²) in [4.78, 5) is 0. The summed E-state index contributed by atoms with van der Waals surface area (Å²) in [6.45, 7) is 5.46. The third kappa shape index (κ3) is 3.95. The minimum atomic E-state index is 0.176. The Hall–Kier alpha value is -0.860. The zero-order chi connectivity index (χ0) is 12.0. The molecule has 0 saturated carbocycles.